The van der Waals surface area contributed by atoms with Gasteiger partial charge in [0.25, 0.3) is 0 Å². The fraction of sp³-hybridized carbons (Fsp3) is 0.977. The predicted molar refractivity (Wildman–Crippen MR) is 201 cm³/mol. The van der Waals surface area contributed by atoms with E-state index in [4.69, 9.17) is 33.2 Å². The summed E-state index contributed by atoms with van der Waals surface area (Å²) < 4.78 is 44.1. The SMILES string of the molecule is CC(=O)OC(C)(C)C1OC23OC1CC(C)C2C1(C)CCC24CC25CCC(OC2OCC(O)C(O)C2OC2OC(CO)C(O)C(O)C2O)C(C)(C)C5CCC4C1(C)C3O. The molecular formula is C43H68O15. The third-order valence-corrected chi connectivity index (χ3v) is 18.4. The number of carbonyl (C=O) groups excluding carboxylic acids is 1. The van der Waals surface area contributed by atoms with Crippen LogP contribution in [-0.2, 0) is 38.0 Å². The van der Waals surface area contributed by atoms with Crippen LogP contribution in [0.25, 0.3) is 0 Å². The number of aliphatic hydroxyl groups excluding tert-OH is 7. The van der Waals surface area contributed by atoms with Crippen LogP contribution in [0.15, 0.2) is 0 Å². The maximum absolute atomic E-state index is 12.9. The van der Waals surface area contributed by atoms with E-state index in [1.165, 1.54) is 6.92 Å². The van der Waals surface area contributed by atoms with Gasteiger partial charge in [-0.3, -0.25) is 4.79 Å². The lowest BCUT2D eigenvalue weighted by Crippen LogP contribution is -2.64. The van der Waals surface area contributed by atoms with Crippen molar-refractivity contribution in [2.75, 3.05) is 13.2 Å². The molecule has 15 nitrogen and oxygen atoms in total. The van der Waals surface area contributed by atoms with E-state index in [9.17, 15) is 40.5 Å². The molecule has 22 atom stereocenters. The summed E-state index contributed by atoms with van der Waals surface area (Å²) in [5, 5.41) is 75.8. The molecule has 9 fully saturated rings. The lowest BCUT2D eigenvalue weighted by Gasteiger charge is -2.63. The molecule has 4 aliphatic heterocycles. The Balaban J connectivity index is 0.959. The van der Waals surface area contributed by atoms with Gasteiger partial charge in [-0.2, -0.15) is 0 Å². The Morgan fingerprint density at radius 2 is 1.52 bits per heavy atom. The molecule has 0 amide bonds. The highest BCUT2D eigenvalue weighted by Gasteiger charge is 2.88. The zero-order valence-corrected chi connectivity index (χ0v) is 35.3. The quantitative estimate of drug-likeness (QED) is 0.143. The molecule has 4 heterocycles. The summed E-state index contributed by atoms with van der Waals surface area (Å²) in [5.74, 6) is -0.814. The minimum Gasteiger partial charge on any atom is -0.457 e. The number of hydrogen-bond acceptors (Lipinski definition) is 15. The van der Waals surface area contributed by atoms with Gasteiger partial charge in [-0.1, -0.05) is 34.6 Å². The Morgan fingerprint density at radius 1 is 0.828 bits per heavy atom. The Kier molecular flexibility index (Phi) is 9.82. The molecule has 0 aromatic rings. The summed E-state index contributed by atoms with van der Waals surface area (Å²) in [7, 11) is 0. The van der Waals surface area contributed by atoms with Crippen molar-refractivity contribution < 1.29 is 73.7 Å². The van der Waals surface area contributed by atoms with Crippen molar-refractivity contribution in [2.45, 2.75) is 198 Å². The molecule has 15 heteroatoms. The van der Waals surface area contributed by atoms with Gasteiger partial charge in [-0.25, -0.2) is 0 Å². The summed E-state index contributed by atoms with van der Waals surface area (Å²) >= 11 is 0. The predicted octanol–water partition coefficient (Wildman–Crippen LogP) is 1.52. The molecular weight excluding hydrogens is 756 g/mol. The van der Waals surface area contributed by atoms with Gasteiger partial charge in [0.1, 0.15) is 60.5 Å². The van der Waals surface area contributed by atoms with Gasteiger partial charge in [0.2, 0.25) is 0 Å². The smallest absolute Gasteiger partial charge is 0.303 e. The van der Waals surface area contributed by atoms with E-state index >= 15 is 0 Å². The first kappa shape index (κ1) is 42.3. The first-order valence-electron chi connectivity index (χ1n) is 21.9. The Bertz CT molecular complexity index is 1620. The number of aliphatic hydroxyl groups is 7. The van der Waals surface area contributed by atoms with Gasteiger partial charge in [0.15, 0.2) is 18.4 Å². The van der Waals surface area contributed by atoms with E-state index in [1.54, 1.807) is 0 Å². The lowest BCUT2D eigenvalue weighted by molar-refractivity contribution is -0.366. The van der Waals surface area contributed by atoms with Crippen LogP contribution in [0.3, 0.4) is 0 Å². The average molecular weight is 825 g/mol. The fourth-order valence-electron chi connectivity index (χ4n) is 15.8. The molecule has 2 bridgehead atoms. The Morgan fingerprint density at radius 3 is 2.21 bits per heavy atom. The number of rotatable bonds is 7. The van der Waals surface area contributed by atoms with Gasteiger partial charge in [-0.05, 0) is 105 Å². The van der Waals surface area contributed by atoms with Crippen LogP contribution >= 0.6 is 0 Å². The standard InChI is InChI=1S/C43H68O15/c1-19-15-22-33(38(5,6)56-20(2)45)58-43(57-22)32(19)39(7)13-14-42-18-41(42)12-11-26(37(3,4)24(41)9-10-25(42)40(39,8)36(43)51)54-35-31(27(47)21(46)17-52-35)55-34-30(50)29(49)28(48)23(16-44)53-34/h19,21-36,44,46-51H,9-18H2,1-8H3. The molecule has 5 aliphatic carbocycles. The minimum atomic E-state index is -1.71. The molecule has 58 heavy (non-hydrogen) atoms. The second kappa shape index (κ2) is 13.5. The first-order valence-corrected chi connectivity index (χ1v) is 21.9. The second-order valence-corrected chi connectivity index (χ2v) is 21.6. The normalized spacial score (nSPS) is 57.9. The topological polar surface area (TPSA) is 223 Å². The first-order chi connectivity index (χ1) is 27.1. The van der Waals surface area contributed by atoms with Crippen molar-refractivity contribution in [3.8, 4) is 0 Å². The summed E-state index contributed by atoms with van der Waals surface area (Å²) in [5.41, 5.74) is -1.93. The Hall–Kier alpha value is -1.05. The van der Waals surface area contributed by atoms with Crippen LogP contribution in [0, 0.1) is 50.7 Å². The van der Waals surface area contributed by atoms with Crippen molar-refractivity contribution in [1.82, 2.24) is 0 Å². The van der Waals surface area contributed by atoms with Crippen LogP contribution in [0.4, 0.5) is 0 Å². The van der Waals surface area contributed by atoms with E-state index in [0.717, 1.165) is 44.9 Å². The van der Waals surface area contributed by atoms with E-state index < -0.39 is 90.9 Å². The molecule has 9 aliphatic rings. The molecule has 5 saturated carbocycles. The molecule has 7 N–H and O–H groups in total. The largest absolute Gasteiger partial charge is 0.457 e. The molecule has 9 rings (SSSR count). The molecule has 0 aromatic heterocycles. The van der Waals surface area contributed by atoms with Gasteiger partial charge in [0, 0.05) is 18.3 Å². The molecule has 0 aromatic carbocycles. The van der Waals surface area contributed by atoms with Gasteiger partial charge < -0.3 is 68.9 Å². The highest BCUT2D eigenvalue weighted by atomic mass is 16.8. The van der Waals surface area contributed by atoms with Crippen molar-refractivity contribution in [1.29, 1.82) is 0 Å². The fourth-order valence-corrected chi connectivity index (χ4v) is 15.8. The highest BCUT2D eigenvalue weighted by molar-refractivity contribution is 5.66. The van der Waals surface area contributed by atoms with E-state index in [2.05, 4.69) is 34.6 Å². The van der Waals surface area contributed by atoms with Crippen molar-refractivity contribution in [2.24, 2.45) is 50.7 Å². The molecule has 330 valence electrons. The van der Waals surface area contributed by atoms with Crippen molar-refractivity contribution in [3.63, 3.8) is 0 Å². The third-order valence-electron chi connectivity index (χ3n) is 18.4. The minimum absolute atomic E-state index is 0.0257. The molecule has 22 unspecified atom stereocenters. The van der Waals surface area contributed by atoms with Crippen LogP contribution in [0.5, 0.6) is 0 Å². The zero-order chi connectivity index (χ0) is 41.9. The number of hydrogen-bond donors (Lipinski definition) is 7. The lowest BCUT2D eigenvalue weighted by atomic mass is 9.41. The van der Waals surface area contributed by atoms with E-state index in [-0.39, 0.29) is 64.2 Å². The average Bonchev–Trinajstić information content (AvgIpc) is 3.67. The van der Waals surface area contributed by atoms with Crippen LogP contribution < -0.4 is 0 Å². The van der Waals surface area contributed by atoms with Crippen LogP contribution in [0.2, 0.25) is 0 Å². The maximum atomic E-state index is 12.9. The molecule has 3 spiro atoms. The monoisotopic (exact) mass is 824 g/mol. The van der Waals surface area contributed by atoms with Gasteiger partial charge in [0.05, 0.1) is 25.4 Å². The third kappa shape index (κ3) is 5.35. The number of fused-ring (bicyclic) bond motifs is 4. The second-order valence-electron chi connectivity index (χ2n) is 21.6. The van der Waals surface area contributed by atoms with Gasteiger partial charge in [-0.15, -0.1) is 0 Å². The number of ether oxygens (including phenoxy) is 7. The molecule has 4 saturated heterocycles. The van der Waals surface area contributed by atoms with E-state index in [0.29, 0.717) is 12.3 Å². The summed E-state index contributed by atoms with van der Waals surface area (Å²) in [6.45, 7) is 15.8. The summed E-state index contributed by atoms with van der Waals surface area (Å²) in [6, 6.07) is 0. The van der Waals surface area contributed by atoms with Crippen molar-refractivity contribution in [3.05, 3.63) is 0 Å². The van der Waals surface area contributed by atoms with Crippen molar-refractivity contribution >= 4 is 5.97 Å². The maximum Gasteiger partial charge on any atom is 0.303 e. The van der Waals surface area contributed by atoms with Crippen LogP contribution in [0.1, 0.15) is 107 Å². The summed E-state index contributed by atoms with van der Waals surface area (Å²) in [6.07, 6.45) is -7.60. The highest BCUT2D eigenvalue weighted by Crippen LogP contribution is 2.90. The Labute approximate surface area is 341 Å². The summed E-state index contributed by atoms with van der Waals surface area (Å²) in [4.78, 5) is 12.2. The molecule has 0 radical (unpaired) electrons. The number of carbonyl (C=O) groups is 1. The van der Waals surface area contributed by atoms with Crippen LogP contribution in [-0.4, -0.2) is 146 Å². The van der Waals surface area contributed by atoms with Gasteiger partial charge >= 0.3 is 5.97 Å². The zero-order valence-electron chi connectivity index (χ0n) is 35.3. The number of esters is 1. The van der Waals surface area contributed by atoms with E-state index in [1.807, 2.05) is 13.8 Å².